The second-order valence-electron chi connectivity index (χ2n) is 6.23. The van der Waals surface area contributed by atoms with Gasteiger partial charge in [-0.25, -0.2) is 0 Å². The van der Waals surface area contributed by atoms with Crippen LogP contribution in [-0.2, 0) is 15.0 Å². The van der Waals surface area contributed by atoms with Gasteiger partial charge in [-0.2, -0.15) is 0 Å². The molecule has 0 bridgehead atoms. The molecule has 1 atom stereocenters. The van der Waals surface area contributed by atoms with Gasteiger partial charge >= 0.3 is 12.3 Å². The molecule has 0 heterocycles. The minimum atomic E-state index is -4.78. The second-order valence-corrected chi connectivity index (χ2v) is 6.23. The van der Waals surface area contributed by atoms with Gasteiger partial charge in [0.2, 0.25) is 5.91 Å². The number of carbonyl (C=O) groups is 2. The van der Waals surface area contributed by atoms with Crippen LogP contribution in [0.5, 0.6) is 5.75 Å². The molecule has 0 aliphatic rings. The highest BCUT2D eigenvalue weighted by atomic mass is 19.4. The maximum atomic E-state index is 12.4. The van der Waals surface area contributed by atoms with Crippen molar-refractivity contribution in [3.63, 3.8) is 0 Å². The highest BCUT2D eigenvalue weighted by molar-refractivity contribution is 5.87. The molecule has 0 aliphatic heterocycles. The zero-order valence-electron chi connectivity index (χ0n) is 14.3. The smallest absolute Gasteiger partial charge is 0.481 e. The van der Waals surface area contributed by atoms with Gasteiger partial charge in [0.25, 0.3) is 0 Å². The van der Waals surface area contributed by atoms with E-state index in [1.54, 1.807) is 13.8 Å². The molecule has 0 saturated heterocycles. The summed E-state index contributed by atoms with van der Waals surface area (Å²) in [6.45, 7) is 5.07. The number of alkyl halides is 3. The van der Waals surface area contributed by atoms with Crippen LogP contribution in [0.4, 0.5) is 13.2 Å². The summed E-state index contributed by atoms with van der Waals surface area (Å²) < 4.78 is 40.3. The first-order valence-corrected chi connectivity index (χ1v) is 7.84. The molecule has 5 nitrogen and oxygen atoms in total. The number of carbonyl (C=O) groups excluding carboxylic acids is 1. The summed E-state index contributed by atoms with van der Waals surface area (Å²) in [6.07, 6.45) is -3.66. The molecule has 25 heavy (non-hydrogen) atoms. The van der Waals surface area contributed by atoms with Gasteiger partial charge in [0.15, 0.2) is 0 Å². The molecule has 1 aromatic rings. The van der Waals surface area contributed by atoms with Crippen molar-refractivity contribution in [1.82, 2.24) is 5.32 Å². The van der Waals surface area contributed by atoms with Crippen molar-refractivity contribution in [2.24, 2.45) is 5.92 Å². The maximum Gasteiger partial charge on any atom is 0.573 e. The van der Waals surface area contributed by atoms with Crippen molar-refractivity contribution < 1.29 is 32.6 Å². The highest BCUT2D eigenvalue weighted by Gasteiger charge is 2.33. The molecule has 140 valence electrons. The van der Waals surface area contributed by atoms with Crippen LogP contribution in [0.1, 0.15) is 39.2 Å². The zero-order valence-corrected chi connectivity index (χ0v) is 14.3. The molecular weight excluding hydrogens is 339 g/mol. The van der Waals surface area contributed by atoms with E-state index in [1.165, 1.54) is 12.1 Å². The first-order valence-electron chi connectivity index (χ1n) is 7.84. The molecule has 1 aromatic carbocycles. The summed E-state index contributed by atoms with van der Waals surface area (Å²) in [4.78, 5) is 23.5. The van der Waals surface area contributed by atoms with Gasteiger partial charge in [0.1, 0.15) is 5.75 Å². The minimum absolute atomic E-state index is 0.000699. The Hall–Kier alpha value is -2.25. The van der Waals surface area contributed by atoms with Crippen molar-refractivity contribution in [3.8, 4) is 5.75 Å². The van der Waals surface area contributed by atoms with Crippen molar-refractivity contribution in [1.29, 1.82) is 0 Å². The van der Waals surface area contributed by atoms with Gasteiger partial charge in [-0.3, -0.25) is 9.59 Å². The number of amides is 1. The number of carboxylic acid groups (broad SMARTS) is 1. The lowest BCUT2D eigenvalue weighted by Gasteiger charge is -2.25. The normalized spacial score (nSPS) is 13.2. The van der Waals surface area contributed by atoms with Crippen molar-refractivity contribution >= 4 is 11.9 Å². The topological polar surface area (TPSA) is 75.6 Å². The first kappa shape index (κ1) is 20.8. The molecule has 8 heteroatoms. The molecule has 0 spiro atoms. The number of benzene rings is 1. The molecular formula is C17H22F3NO4. The van der Waals surface area contributed by atoms with E-state index in [1.807, 2.05) is 6.92 Å². The lowest BCUT2D eigenvalue weighted by atomic mass is 9.83. The van der Waals surface area contributed by atoms with Crippen LogP contribution in [0.25, 0.3) is 0 Å². The number of aliphatic carboxylic acids is 1. The molecule has 0 aliphatic carbocycles. The van der Waals surface area contributed by atoms with Crippen LogP contribution in [0.15, 0.2) is 24.3 Å². The summed E-state index contributed by atoms with van der Waals surface area (Å²) in [6, 6.07) is 5.02. The summed E-state index contributed by atoms with van der Waals surface area (Å²) in [7, 11) is 0. The lowest BCUT2D eigenvalue weighted by molar-refractivity contribution is -0.274. The van der Waals surface area contributed by atoms with Gasteiger partial charge in [-0.05, 0) is 38.0 Å². The van der Waals surface area contributed by atoms with E-state index in [2.05, 4.69) is 10.1 Å². The Labute approximate surface area is 144 Å². The Morgan fingerprint density at radius 1 is 1.20 bits per heavy atom. The SMILES string of the molecule is CCCC(CNC(=O)C(C)(C)c1ccc(OC(F)(F)F)cc1)C(=O)O. The largest absolute Gasteiger partial charge is 0.573 e. The second kappa shape index (κ2) is 8.22. The molecule has 0 aromatic heterocycles. The van der Waals surface area contributed by atoms with E-state index in [9.17, 15) is 22.8 Å². The van der Waals surface area contributed by atoms with Gasteiger partial charge in [0, 0.05) is 6.54 Å². The zero-order chi connectivity index (χ0) is 19.3. The Balaban J connectivity index is 2.78. The summed E-state index contributed by atoms with van der Waals surface area (Å²) >= 11 is 0. The predicted octanol–water partition coefficient (Wildman–Crippen LogP) is 3.48. The van der Waals surface area contributed by atoms with Crippen LogP contribution in [0.3, 0.4) is 0 Å². The molecule has 1 unspecified atom stereocenters. The third-order valence-electron chi connectivity index (χ3n) is 3.87. The summed E-state index contributed by atoms with van der Waals surface area (Å²) in [5, 5.41) is 11.7. The Bertz CT molecular complexity index is 597. The van der Waals surface area contributed by atoms with Crippen LogP contribution in [0.2, 0.25) is 0 Å². The lowest BCUT2D eigenvalue weighted by Crippen LogP contribution is -2.43. The number of hydrogen-bond donors (Lipinski definition) is 2. The average molecular weight is 361 g/mol. The van der Waals surface area contributed by atoms with Crippen LogP contribution < -0.4 is 10.1 Å². The number of halogens is 3. The molecule has 2 N–H and O–H groups in total. The quantitative estimate of drug-likeness (QED) is 0.743. The van der Waals surface area contributed by atoms with E-state index < -0.39 is 29.6 Å². The molecule has 0 radical (unpaired) electrons. The van der Waals surface area contributed by atoms with Crippen molar-refractivity contribution in [3.05, 3.63) is 29.8 Å². The monoisotopic (exact) mass is 361 g/mol. The van der Waals surface area contributed by atoms with Crippen LogP contribution in [-0.4, -0.2) is 29.9 Å². The van der Waals surface area contributed by atoms with E-state index in [4.69, 9.17) is 5.11 Å². The first-order chi connectivity index (χ1) is 11.5. The van der Waals surface area contributed by atoms with E-state index in [-0.39, 0.29) is 12.3 Å². The summed E-state index contributed by atoms with van der Waals surface area (Å²) in [5.74, 6) is -2.43. The number of hydrogen-bond acceptors (Lipinski definition) is 3. The molecule has 0 saturated carbocycles. The maximum absolute atomic E-state index is 12.4. The molecule has 0 fully saturated rings. The predicted molar refractivity (Wildman–Crippen MR) is 85.2 cm³/mol. The third-order valence-corrected chi connectivity index (χ3v) is 3.87. The van der Waals surface area contributed by atoms with E-state index in [0.29, 0.717) is 18.4 Å². The Kier molecular flexibility index (Phi) is 6.84. The molecule has 1 amide bonds. The number of nitrogens with one attached hydrogen (secondary N) is 1. The van der Waals surface area contributed by atoms with Gasteiger partial charge in [-0.15, -0.1) is 13.2 Å². The van der Waals surface area contributed by atoms with Crippen molar-refractivity contribution in [2.75, 3.05) is 6.54 Å². The number of carboxylic acids is 1. The average Bonchev–Trinajstić information content (AvgIpc) is 2.49. The fourth-order valence-corrected chi connectivity index (χ4v) is 2.30. The number of ether oxygens (including phenoxy) is 1. The van der Waals surface area contributed by atoms with E-state index in [0.717, 1.165) is 12.1 Å². The molecule has 1 rings (SSSR count). The standard InChI is InChI=1S/C17H22F3NO4/c1-4-5-11(14(22)23)10-21-15(24)16(2,3)12-6-8-13(9-7-12)25-17(18,19)20/h6-9,11H,4-5,10H2,1-3H3,(H,21,24)(H,22,23). The number of rotatable bonds is 8. The fourth-order valence-electron chi connectivity index (χ4n) is 2.30. The van der Waals surface area contributed by atoms with Gasteiger partial charge in [-0.1, -0.05) is 25.5 Å². The fraction of sp³-hybridized carbons (Fsp3) is 0.529. The Morgan fingerprint density at radius 2 is 1.76 bits per heavy atom. The van der Waals surface area contributed by atoms with E-state index >= 15 is 0 Å². The van der Waals surface area contributed by atoms with Crippen molar-refractivity contribution in [2.45, 2.75) is 45.4 Å². The van der Waals surface area contributed by atoms with Gasteiger partial charge < -0.3 is 15.2 Å². The van der Waals surface area contributed by atoms with Crippen LogP contribution >= 0.6 is 0 Å². The van der Waals surface area contributed by atoms with Gasteiger partial charge in [0.05, 0.1) is 11.3 Å². The summed E-state index contributed by atoms with van der Waals surface area (Å²) in [5.41, 5.74) is -0.548. The van der Waals surface area contributed by atoms with Crippen LogP contribution in [0, 0.1) is 5.92 Å². The Morgan fingerprint density at radius 3 is 2.20 bits per heavy atom. The highest BCUT2D eigenvalue weighted by Crippen LogP contribution is 2.28. The minimum Gasteiger partial charge on any atom is -0.481 e. The third kappa shape index (κ3) is 6.28.